The van der Waals surface area contributed by atoms with Gasteiger partial charge in [-0.3, -0.25) is 4.79 Å². The molecule has 6 heteroatoms. The molecule has 1 aromatic rings. The van der Waals surface area contributed by atoms with Crippen LogP contribution in [0.25, 0.3) is 0 Å². The Bertz CT molecular complexity index is 479. The lowest BCUT2D eigenvalue weighted by Gasteiger charge is -2.26. The van der Waals surface area contributed by atoms with Crippen LogP contribution in [0.2, 0.25) is 5.02 Å². The molecule has 2 saturated heterocycles. The third-order valence-corrected chi connectivity index (χ3v) is 3.52. The quantitative estimate of drug-likeness (QED) is 0.773. The van der Waals surface area contributed by atoms with Crippen molar-refractivity contribution in [2.45, 2.75) is 6.04 Å². The van der Waals surface area contributed by atoms with E-state index in [1.54, 1.807) is 29.2 Å². The molecule has 0 aliphatic carbocycles. The first kappa shape index (κ1) is 11.5. The van der Waals surface area contributed by atoms with Crippen LogP contribution in [0.1, 0.15) is 0 Å². The van der Waals surface area contributed by atoms with Gasteiger partial charge in [-0.05, 0) is 24.3 Å². The van der Waals surface area contributed by atoms with E-state index in [1.807, 2.05) is 0 Å². The Morgan fingerprint density at radius 1 is 1.22 bits per heavy atom. The van der Waals surface area contributed by atoms with Gasteiger partial charge in [-0.15, -0.1) is 0 Å². The van der Waals surface area contributed by atoms with Gasteiger partial charge in [0.05, 0.1) is 5.69 Å². The number of carbonyl (C=O) groups is 2. The highest BCUT2D eigenvalue weighted by Crippen LogP contribution is 2.26. The molecule has 2 aliphatic heterocycles. The number of hydrogen-bond donors (Lipinski definition) is 1. The fraction of sp³-hybridized carbons (Fsp3) is 0.333. The summed E-state index contributed by atoms with van der Waals surface area (Å²) in [5, 5.41) is 3.71. The van der Waals surface area contributed by atoms with Gasteiger partial charge in [0.25, 0.3) is 5.91 Å². The molecule has 1 aromatic carbocycles. The third kappa shape index (κ3) is 1.67. The van der Waals surface area contributed by atoms with Gasteiger partial charge in [0.15, 0.2) is 0 Å². The van der Waals surface area contributed by atoms with Gasteiger partial charge in [-0.2, -0.15) is 0 Å². The molecule has 0 aromatic heterocycles. The number of halogens is 1. The van der Waals surface area contributed by atoms with Crippen LogP contribution in [0.5, 0.6) is 0 Å². The molecule has 0 spiro atoms. The number of benzene rings is 1. The number of piperazine rings is 1. The first-order chi connectivity index (χ1) is 8.68. The second kappa shape index (κ2) is 4.26. The van der Waals surface area contributed by atoms with Gasteiger partial charge in [-0.25, -0.2) is 9.69 Å². The molecular weight excluding hydrogens is 254 g/mol. The molecule has 0 saturated carbocycles. The van der Waals surface area contributed by atoms with E-state index in [0.717, 1.165) is 6.54 Å². The zero-order chi connectivity index (χ0) is 12.7. The average Bonchev–Trinajstić information content (AvgIpc) is 2.64. The van der Waals surface area contributed by atoms with Crippen molar-refractivity contribution < 1.29 is 9.59 Å². The van der Waals surface area contributed by atoms with E-state index in [0.29, 0.717) is 23.8 Å². The van der Waals surface area contributed by atoms with Gasteiger partial charge in [0.2, 0.25) is 0 Å². The minimum absolute atomic E-state index is 0.172. The van der Waals surface area contributed by atoms with Crippen molar-refractivity contribution >= 4 is 29.2 Å². The average molecular weight is 266 g/mol. The summed E-state index contributed by atoms with van der Waals surface area (Å²) in [6.45, 7) is 1.82. The SMILES string of the molecule is O=C1C2CNCCN2C(=O)N1c1ccc(Cl)cc1. The van der Waals surface area contributed by atoms with E-state index in [-0.39, 0.29) is 18.0 Å². The molecule has 5 nitrogen and oxygen atoms in total. The summed E-state index contributed by atoms with van der Waals surface area (Å²) in [6, 6.07) is 6.10. The molecule has 2 fully saturated rings. The van der Waals surface area contributed by atoms with Gasteiger partial charge in [0, 0.05) is 24.7 Å². The van der Waals surface area contributed by atoms with Crippen LogP contribution in [0.3, 0.4) is 0 Å². The molecule has 2 aliphatic rings. The highest BCUT2D eigenvalue weighted by molar-refractivity contribution is 6.30. The van der Waals surface area contributed by atoms with Gasteiger partial charge in [0.1, 0.15) is 6.04 Å². The summed E-state index contributed by atoms with van der Waals surface area (Å²) < 4.78 is 0. The lowest BCUT2D eigenvalue weighted by Crippen LogP contribution is -2.51. The summed E-state index contributed by atoms with van der Waals surface area (Å²) in [4.78, 5) is 27.3. The summed E-state index contributed by atoms with van der Waals surface area (Å²) in [5.41, 5.74) is 0.573. The smallest absolute Gasteiger partial charge is 0.312 e. The van der Waals surface area contributed by atoms with Crippen LogP contribution < -0.4 is 10.2 Å². The minimum atomic E-state index is -0.373. The first-order valence-corrected chi connectivity index (χ1v) is 6.17. The topological polar surface area (TPSA) is 52.7 Å². The van der Waals surface area contributed by atoms with Crippen molar-refractivity contribution in [1.29, 1.82) is 0 Å². The molecule has 1 unspecified atom stereocenters. The highest BCUT2D eigenvalue weighted by Gasteiger charge is 2.46. The van der Waals surface area contributed by atoms with Crippen LogP contribution in [0.15, 0.2) is 24.3 Å². The van der Waals surface area contributed by atoms with E-state index in [1.165, 1.54) is 4.90 Å². The predicted molar refractivity (Wildman–Crippen MR) is 67.7 cm³/mol. The Morgan fingerprint density at radius 3 is 2.61 bits per heavy atom. The van der Waals surface area contributed by atoms with Crippen LogP contribution in [0, 0.1) is 0 Å². The number of nitrogens with zero attached hydrogens (tertiary/aromatic N) is 2. The number of amides is 3. The number of urea groups is 1. The number of hydrogen-bond acceptors (Lipinski definition) is 3. The van der Waals surface area contributed by atoms with Crippen molar-refractivity contribution in [3.63, 3.8) is 0 Å². The number of anilines is 1. The maximum atomic E-state index is 12.2. The van der Waals surface area contributed by atoms with E-state index in [4.69, 9.17) is 11.6 Å². The zero-order valence-corrected chi connectivity index (χ0v) is 10.4. The number of nitrogens with one attached hydrogen (secondary N) is 1. The van der Waals surface area contributed by atoms with Crippen LogP contribution in [0.4, 0.5) is 10.5 Å². The Hall–Kier alpha value is -1.59. The molecule has 0 radical (unpaired) electrons. The molecule has 1 N–H and O–H groups in total. The predicted octanol–water partition coefficient (Wildman–Crippen LogP) is 1.08. The summed E-state index contributed by atoms with van der Waals surface area (Å²) in [5.74, 6) is -0.172. The fourth-order valence-electron chi connectivity index (χ4n) is 2.35. The molecule has 94 valence electrons. The number of rotatable bonds is 1. The lowest BCUT2D eigenvalue weighted by molar-refractivity contribution is -0.119. The highest BCUT2D eigenvalue weighted by atomic mass is 35.5. The number of imide groups is 1. The molecule has 2 heterocycles. The third-order valence-electron chi connectivity index (χ3n) is 3.27. The maximum Gasteiger partial charge on any atom is 0.332 e. The van der Waals surface area contributed by atoms with Crippen LogP contribution in [-0.2, 0) is 4.79 Å². The Kier molecular flexibility index (Phi) is 2.72. The number of fused-ring (bicyclic) bond motifs is 1. The molecule has 3 amide bonds. The molecule has 0 bridgehead atoms. The minimum Gasteiger partial charge on any atom is -0.312 e. The second-order valence-corrected chi connectivity index (χ2v) is 4.78. The summed E-state index contributed by atoms with van der Waals surface area (Å²) in [7, 11) is 0. The Balaban J connectivity index is 1.95. The van der Waals surface area contributed by atoms with Crippen molar-refractivity contribution in [1.82, 2.24) is 10.2 Å². The Morgan fingerprint density at radius 2 is 1.94 bits per heavy atom. The second-order valence-electron chi connectivity index (χ2n) is 4.35. The van der Waals surface area contributed by atoms with Crippen molar-refractivity contribution in [3.05, 3.63) is 29.3 Å². The fourth-order valence-corrected chi connectivity index (χ4v) is 2.48. The molecule has 1 atom stereocenters. The molecular formula is C12H12ClN3O2. The lowest BCUT2D eigenvalue weighted by atomic mass is 10.2. The summed E-state index contributed by atoms with van der Waals surface area (Å²) in [6.07, 6.45) is 0. The normalized spacial score (nSPS) is 23.5. The monoisotopic (exact) mass is 265 g/mol. The largest absolute Gasteiger partial charge is 0.332 e. The van der Waals surface area contributed by atoms with Crippen molar-refractivity contribution in [2.75, 3.05) is 24.5 Å². The molecule has 3 rings (SSSR count). The van der Waals surface area contributed by atoms with E-state index in [9.17, 15) is 9.59 Å². The van der Waals surface area contributed by atoms with Crippen LogP contribution >= 0.6 is 11.6 Å². The van der Waals surface area contributed by atoms with Gasteiger partial charge >= 0.3 is 6.03 Å². The van der Waals surface area contributed by atoms with E-state index in [2.05, 4.69) is 5.32 Å². The van der Waals surface area contributed by atoms with Gasteiger partial charge in [-0.1, -0.05) is 11.6 Å². The standard InChI is InChI=1S/C12H12ClN3O2/c13-8-1-3-9(4-2-8)16-11(17)10-7-14-5-6-15(10)12(16)18/h1-4,10,14H,5-7H2. The van der Waals surface area contributed by atoms with Crippen LogP contribution in [-0.4, -0.2) is 42.5 Å². The van der Waals surface area contributed by atoms with Gasteiger partial charge < -0.3 is 10.2 Å². The zero-order valence-electron chi connectivity index (χ0n) is 9.60. The first-order valence-electron chi connectivity index (χ1n) is 5.79. The van der Waals surface area contributed by atoms with E-state index >= 15 is 0 Å². The van der Waals surface area contributed by atoms with E-state index < -0.39 is 0 Å². The Labute approximate surface area is 109 Å². The summed E-state index contributed by atoms with van der Waals surface area (Å²) >= 11 is 5.80. The maximum absolute atomic E-state index is 12.2. The van der Waals surface area contributed by atoms with Crippen molar-refractivity contribution in [3.8, 4) is 0 Å². The van der Waals surface area contributed by atoms with Crippen molar-refractivity contribution in [2.24, 2.45) is 0 Å². The number of carbonyl (C=O) groups excluding carboxylic acids is 2. The molecule has 18 heavy (non-hydrogen) atoms.